The summed E-state index contributed by atoms with van der Waals surface area (Å²) in [6, 6.07) is 7.40. The van der Waals surface area contributed by atoms with Gasteiger partial charge in [-0.15, -0.1) is 5.10 Å². The lowest BCUT2D eigenvalue weighted by atomic mass is 10.2. The SMILES string of the molecule is C=CCOc1cccc(/C=N/N=C(N)N)c1. The monoisotopic (exact) mass is 218 g/mol. The molecule has 0 spiro atoms. The van der Waals surface area contributed by atoms with Crippen LogP contribution in [-0.4, -0.2) is 18.8 Å². The Kier molecular flexibility index (Phi) is 4.59. The van der Waals surface area contributed by atoms with Crippen LogP contribution in [0.25, 0.3) is 0 Å². The molecule has 84 valence electrons. The summed E-state index contributed by atoms with van der Waals surface area (Å²) in [4.78, 5) is 0. The maximum Gasteiger partial charge on any atom is 0.211 e. The van der Waals surface area contributed by atoms with Crippen molar-refractivity contribution in [3.05, 3.63) is 42.5 Å². The van der Waals surface area contributed by atoms with Gasteiger partial charge in [0.25, 0.3) is 0 Å². The zero-order chi connectivity index (χ0) is 11.8. The molecule has 1 aromatic carbocycles. The van der Waals surface area contributed by atoms with Crippen LogP contribution in [0.2, 0.25) is 0 Å². The number of hydrogen-bond acceptors (Lipinski definition) is 3. The number of guanidine groups is 1. The number of hydrogen-bond donors (Lipinski definition) is 2. The quantitative estimate of drug-likeness (QED) is 0.332. The second-order valence-corrected chi connectivity index (χ2v) is 2.94. The first kappa shape index (κ1) is 11.8. The number of ether oxygens (including phenoxy) is 1. The molecule has 0 aliphatic carbocycles. The number of rotatable bonds is 5. The number of nitrogens with two attached hydrogens (primary N) is 2. The Balaban J connectivity index is 2.70. The van der Waals surface area contributed by atoms with Gasteiger partial charge in [-0.25, -0.2) is 0 Å². The number of nitrogens with zero attached hydrogens (tertiary/aromatic N) is 2. The first-order valence-corrected chi connectivity index (χ1v) is 4.68. The number of benzene rings is 1. The summed E-state index contributed by atoms with van der Waals surface area (Å²) in [6.45, 7) is 4.04. The van der Waals surface area contributed by atoms with E-state index >= 15 is 0 Å². The third kappa shape index (κ3) is 4.28. The van der Waals surface area contributed by atoms with E-state index in [1.165, 1.54) is 0 Å². The highest BCUT2D eigenvalue weighted by molar-refractivity contribution is 5.81. The highest BCUT2D eigenvalue weighted by atomic mass is 16.5. The van der Waals surface area contributed by atoms with Gasteiger partial charge in [-0.1, -0.05) is 24.8 Å². The molecule has 0 saturated heterocycles. The molecule has 0 bridgehead atoms. The van der Waals surface area contributed by atoms with Gasteiger partial charge in [0.1, 0.15) is 12.4 Å². The fraction of sp³-hybridized carbons (Fsp3) is 0.0909. The van der Waals surface area contributed by atoms with Crippen LogP contribution in [0.4, 0.5) is 0 Å². The lowest BCUT2D eigenvalue weighted by molar-refractivity contribution is 0.363. The maximum absolute atomic E-state index is 5.36. The van der Waals surface area contributed by atoms with Crippen molar-refractivity contribution in [3.8, 4) is 5.75 Å². The van der Waals surface area contributed by atoms with E-state index in [4.69, 9.17) is 16.2 Å². The Hall–Kier alpha value is -2.30. The molecule has 0 saturated carbocycles. The largest absolute Gasteiger partial charge is 0.490 e. The average Bonchev–Trinajstić information content (AvgIpc) is 2.26. The van der Waals surface area contributed by atoms with Crippen molar-refractivity contribution in [2.75, 3.05) is 6.61 Å². The molecule has 0 unspecified atom stereocenters. The fourth-order valence-corrected chi connectivity index (χ4v) is 1.00. The maximum atomic E-state index is 5.36. The Morgan fingerprint density at radius 1 is 1.44 bits per heavy atom. The van der Waals surface area contributed by atoms with Gasteiger partial charge in [-0.2, -0.15) is 5.10 Å². The Morgan fingerprint density at radius 3 is 2.94 bits per heavy atom. The molecule has 5 heteroatoms. The van der Waals surface area contributed by atoms with Crippen molar-refractivity contribution in [2.45, 2.75) is 0 Å². The summed E-state index contributed by atoms with van der Waals surface area (Å²) in [5, 5.41) is 7.20. The van der Waals surface area contributed by atoms with E-state index in [0.717, 1.165) is 11.3 Å². The summed E-state index contributed by atoms with van der Waals surface area (Å²) < 4.78 is 5.36. The fourth-order valence-electron chi connectivity index (χ4n) is 1.00. The topological polar surface area (TPSA) is 86.0 Å². The van der Waals surface area contributed by atoms with Crippen LogP contribution < -0.4 is 16.2 Å². The van der Waals surface area contributed by atoms with Gasteiger partial charge < -0.3 is 16.2 Å². The van der Waals surface area contributed by atoms with E-state index in [0.29, 0.717) is 6.61 Å². The van der Waals surface area contributed by atoms with E-state index in [9.17, 15) is 0 Å². The van der Waals surface area contributed by atoms with Crippen LogP contribution in [0.5, 0.6) is 5.75 Å². The zero-order valence-corrected chi connectivity index (χ0v) is 8.84. The third-order valence-corrected chi connectivity index (χ3v) is 1.61. The summed E-state index contributed by atoms with van der Waals surface area (Å²) in [6.07, 6.45) is 3.22. The highest BCUT2D eigenvalue weighted by Gasteiger charge is 1.93. The van der Waals surface area contributed by atoms with Crippen molar-refractivity contribution < 1.29 is 4.74 Å². The molecule has 0 amide bonds. The van der Waals surface area contributed by atoms with Crippen molar-refractivity contribution in [1.82, 2.24) is 0 Å². The smallest absolute Gasteiger partial charge is 0.211 e. The van der Waals surface area contributed by atoms with Gasteiger partial charge in [0.15, 0.2) is 0 Å². The lowest BCUT2D eigenvalue weighted by Crippen LogP contribution is -2.21. The van der Waals surface area contributed by atoms with Gasteiger partial charge in [-0.05, 0) is 17.7 Å². The Morgan fingerprint density at radius 2 is 2.25 bits per heavy atom. The molecule has 0 aliphatic heterocycles. The zero-order valence-electron chi connectivity index (χ0n) is 8.84. The van der Waals surface area contributed by atoms with E-state index in [2.05, 4.69) is 16.8 Å². The molecule has 0 atom stereocenters. The van der Waals surface area contributed by atoms with Gasteiger partial charge >= 0.3 is 0 Å². The minimum absolute atomic E-state index is 0.0738. The van der Waals surface area contributed by atoms with Crippen LogP contribution in [-0.2, 0) is 0 Å². The average molecular weight is 218 g/mol. The molecule has 0 aliphatic rings. The minimum Gasteiger partial charge on any atom is -0.490 e. The standard InChI is InChI=1S/C11H14N4O/c1-2-6-16-10-5-3-4-9(7-10)8-14-15-11(12)13/h2-5,7-8H,1,6H2,(H4,12,13,15)/b14-8+. The summed E-state index contributed by atoms with van der Waals surface area (Å²) >= 11 is 0. The van der Waals surface area contributed by atoms with Crippen molar-refractivity contribution >= 4 is 12.2 Å². The first-order chi connectivity index (χ1) is 7.72. The molecule has 1 rings (SSSR count). The van der Waals surface area contributed by atoms with Gasteiger partial charge in [0, 0.05) is 0 Å². The molecular formula is C11H14N4O. The Labute approximate surface area is 94.1 Å². The molecule has 0 heterocycles. The molecule has 5 nitrogen and oxygen atoms in total. The molecule has 1 aromatic rings. The molecule has 0 aromatic heterocycles. The lowest BCUT2D eigenvalue weighted by Gasteiger charge is -2.02. The molecule has 4 N–H and O–H groups in total. The summed E-state index contributed by atoms with van der Waals surface area (Å²) in [7, 11) is 0. The third-order valence-electron chi connectivity index (χ3n) is 1.61. The predicted octanol–water partition coefficient (Wildman–Crippen LogP) is 0.859. The molecule has 0 fully saturated rings. The summed E-state index contributed by atoms with van der Waals surface area (Å²) in [5.41, 5.74) is 11.1. The van der Waals surface area contributed by atoms with Crippen LogP contribution in [0.1, 0.15) is 5.56 Å². The van der Waals surface area contributed by atoms with E-state index < -0.39 is 0 Å². The van der Waals surface area contributed by atoms with Crippen LogP contribution in [0.3, 0.4) is 0 Å². The van der Waals surface area contributed by atoms with Crippen LogP contribution >= 0.6 is 0 Å². The normalized spacial score (nSPS) is 10.0. The second kappa shape index (κ2) is 6.23. The second-order valence-electron chi connectivity index (χ2n) is 2.94. The van der Waals surface area contributed by atoms with E-state index in [-0.39, 0.29) is 5.96 Å². The minimum atomic E-state index is -0.0738. The molecular weight excluding hydrogens is 204 g/mol. The van der Waals surface area contributed by atoms with Gasteiger partial charge in [0.05, 0.1) is 6.21 Å². The van der Waals surface area contributed by atoms with Crippen molar-refractivity contribution in [2.24, 2.45) is 21.7 Å². The molecule has 16 heavy (non-hydrogen) atoms. The van der Waals surface area contributed by atoms with Crippen LogP contribution in [0, 0.1) is 0 Å². The van der Waals surface area contributed by atoms with E-state index in [1.54, 1.807) is 12.3 Å². The summed E-state index contributed by atoms with van der Waals surface area (Å²) in [5.74, 6) is 0.670. The van der Waals surface area contributed by atoms with Gasteiger partial charge in [0.2, 0.25) is 5.96 Å². The predicted molar refractivity (Wildman–Crippen MR) is 65.5 cm³/mol. The highest BCUT2D eigenvalue weighted by Crippen LogP contribution is 2.11. The molecule has 0 radical (unpaired) electrons. The van der Waals surface area contributed by atoms with E-state index in [1.807, 2.05) is 24.3 Å². The Bertz CT molecular complexity index is 408. The first-order valence-electron chi connectivity index (χ1n) is 4.68. The van der Waals surface area contributed by atoms with Gasteiger partial charge in [-0.3, -0.25) is 0 Å². The van der Waals surface area contributed by atoms with Crippen molar-refractivity contribution in [3.63, 3.8) is 0 Å². The van der Waals surface area contributed by atoms with Crippen LogP contribution in [0.15, 0.2) is 47.1 Å². The van der Waals surface area contributed by atoms with Crippen molar-refractivity contribution in [1.29, 1.82) is 0 Å².